The van der Waals surface area contributed by atoms with Crippen LogP contribution in [0.4, 0.5) is 5.69 Å². The predicted molar refractivity (Wildman–Crippen MR) is 132 cm³/mol. The Balaban J connectivity index is 1.83. The Labute approximate surface area is 199 Å². The zero-order valence-corrected chi connectivity index (χ0v) is 19.8. The van der Waals surface area contributed by atoms with E-state index in [9.17, 15) is 14.7 Å². The van der Waals surface area contributed by atoms with E-state index in [-0.39, 0.29) is 11.3 Å². The number of benzene rings is 2. The average molecular weight is 457 g/mol. The lowest BCUT2D eigenvalue weighted by molar-refractivity contribution is -0.132. The van der Waals surface area contributed by atoms with Crippen molar-refractivity contribution < 1.29 is 19.4 Å². The number of hydrogen-bond donors (Lipinski definition) is 1. The van der Waals surface area contributed by atoms with E-state index in [4.69, 9.17) is 4.74 Å². The number of ketones is 1. The number of ether oxygens (including phenoxy) is 1. The number of rotatable bonds is 6. The van der Waals surface area contributed by atoms with Crippen LogP contribution in [0, 0.1) is 19.8 Å². The first kappa shape index (κ1) is 23.2. The van der Waals surface area contributed by atoms with Crippen molar-refractivity contribution in [3.05, 3.63) is 94.8 Å². The Morgan fingerprint density at radius 2 is 1.79 bits per heavy atom. The number of carbonyl (C=O) groups is 2. The first-order valence-corrected chi connectivity index (χ1v) is 11.3. The molecule has 1 aromatic heterocycles. The van der Waals surface area contributed by atoms with Gasteiger partial charge in [-0.15, -0.1) is 0 Å². The fourth-order valence-corrected chi connectivity index (χ4v) is 3.99. The van der Waals surface area contributed by atoms with Crippen LogP contribution in [0.5, 0.6) is 5.75 Å². The monoisotopic (exact) mass is 456 g/mol. The van der Waals surface area contributed by atoms with E-state index >= 15 is 0 Å². The van der Waals surface area contributed by atoms with Crippen molar-refractivity contribution in [2.45, 2.75) is 33.7 Å². The van der Waals surface area contributed by atoms with Crippen molar-refractivity contribution in [1.82, 2.24) is 4.98 Å². The molecule has 1 amide bonds. The third kappa shape index (κ3) is 4.44. The van der Waals surface area contributed by atoms with E-state index in [1.54, 1.807) is 54.7 Å². The second-order valence-corrected chi connectivity index (χ2v) is 8.94. The molecule has 0 radical (unpaired) electrons. The number of anilines is 1. The van der Waals surface area contributed by atoms with E-state index in [1.165, 1.54) is 4.90 Å². The zero-order valence-electron chi connectivity index (χ0n) is 19.8. The predicted octanol–water partition coefficient (Wildman–Crippen LogP) is 5.36. The molecule has 0 spiro atoms. The summed E-state index contributed by atoms with van der Waals surface area (Å²) < 4.78 is 5.83. The molecule has 6 nitrogen and oxygen atoms in total. The lowest BCUT2D eigenvalue weighted by Crippen LogP contribution is -2.29. The molecule has 1 atom stereocenters. The summed E-state index contributed by atoms with van der Waals surface area (Å²) in [4.78, 5) is 32.2. The first-order chi connectivity index (χ1) is 16.3. The van der Waals surface area contributed by atoms with Crippen LogP contribution in [-0.4, -0.2) is 28.4 Å². The quantitative estimate of drug-likeness (QED) is 0.307. The van der Waals surface area contributed by atoms with Crippen molar-refractivity contribution in [3.8, 4) is 5.75 Å². The molecule has 1 aliphatic heterocycles. The summed E-state index contributed by atoms with van der Waals surface area (Å²) in [6.45, 7) is 8.55. The smallest absolute Gasteiger partial charge is 0.300 e. The van der Waals surface area contributed by atoms with Gasteiger partial charge in [-0.3, -0.25) is 19.5 Å². The summed E-state index contributed by atoms with van der Waals surface area (Å²) >= 11 is 0. The summed E-state index contributed by atoms with van der Waals surface area (Å²) in [5.74, 6) is -0.585. The zero-order chi connectivity index (χ0) is 24.4. The minimum Gasteiger partial charge on any atom is -0.507 e. The van der Waals surface area contributed by atoms with Gasteiger partial charge in [0.05, 0.1) is 17.9 Å². The highest BCUT2D eigenvalue weighted by Gasteiger charge is 2.47. The summed E-state index contributed by atoms with van der Waals surface area (Å²) in [6, 6.07) is 17.0. The van der Waals surface area contributed by atoms with Crippen LogP contribution in [0.25, 0.3) is 5.76 Å². The van der Waals surface area contributed by atoms with E-state index in [0.717, 1.165) is 11.1 Å². The Kier molecular flexibility index (Phi) is 6.50. The lowest BCUT2D eigenvalue weighted by atomic mass is 9.97. The van der Waals surface area contributed by atoms with Gasteiger partial charge in [-0.2, -0.15) is 0 Å². The molecule has 6 heteroatoms. The molecule has 0 aliphatic carbocycles. The normalized spacial score (nSPS) is 17.4. The Hall–Kier alpha value is -3.93. The number of carbonyl (C=O) groups excluding carboxylic acids is 2. The van der Waals surface area contributed by atoms with E-state index in [1.807, 2.05) is 26.0 Å². The Bertz CT molecular complexity index is 1250. The number of aliphatic hydroxyl groups is 1. The highest BCUT2D eigenvalue weighted by atomic mass is 16.5. The van der Waals surface area contributed by atoms with Gasteiger partial charge in [0, 0.05) is 17.4 Å². The van der Waals surface area contributed by atoms with Gasteiger partial charge in [-0.05, 0) is 67.8 Å². The van der Waals surface area contributed by atoms with Crippen LogP contribution in [0.1, 0.15) is 42.3 Å². The van der Waals surface area contributed by atoms with Gasteiger partial charge >= 0.3 is 0 Å². The second-order valence-electron chi connectivity index (χ2n) is 8.94. The third-order valence-electron chi connectivity index (χ3n) is 5.75. The molecule has 1 unspecified atom stereocenters. The molecule has 1 saturated heterocycles. The molecule has 1 fully saturated rings. The van der Waals surface area contributed by atoms with Gasteiger partial charge in [0.15, 0.2) is 0 Å². The fraction of sp³-hybridized carbons (Fsp3) is 0.250. The molecule has 2 heterocycles. The fourth-order valence-electron chi connectivity index (χ4n) is 3.99. The number of nitrogens with zero attached hydrogens (tertiary/aromatic N) is 2. The summed E-state index contributed by atoms with van der Waals surface area (Å²) in [6.07, 6.45) is 1.61. The van der Waals surface area contributed by atoms with Crippen LogP contribution in [-0.2, 0) is 9.59 Å². The van der Waals surface area contributed by atoms with Crippen molar-refractivity contribution in [2.75, 3.05) is 11.5 Å². The molecular weight excluding hydrogens is 428 g/mol. The molecule has 3 aromatic rings. The maximum Gasteiger partial charge on any atom is 0.300 e. The summed E-state index contributed by atoms with van der Waals surface area (Å²) in [7, 11) is 0. The maximum absolute atomic E-state index is 13.2. The average Bonchev–Trinajstić information content (AvgIpc) is 3.09. The van der Waals surface area contributed by atoms with Gasteiger partial charge in [-0.1, -0.05) is 37.6 Å². The van der Waals surface area contributed by atoms with E-state index < -0.39 is 17.7 Å². The van der Waals surface area contributed by atoms with Gasteiger partial charge in [0.25, 0.3) is 11.7 Å². The number of Topliss-reactive ketones (excluding diaryl/α,β-unsaturated/α-hetero) is 1. The minimum absolute atomic E-state index is 0.0134. The number of aliphatic hydroxyl groups excluding tert-OH is 1. The minimum atomic E-state index is -0.846. The highest BCUT2D eigenvalue weighted by molar-refractivity contribution is 6.51. The molecule has 34 heavy (non-hydrogen) atoms. The number of amides is 1. The number of hydrogen-bond acceptors (Lipinski definition) is 5. The third-order valence-corrected chi connectivity index (χ3v) is 5.75. The number of aromatic nitrogens is 1. The molecule has 4 rings (SSSR count). The summed E-state index contributed by atoms with van der Waals surface area (Å²) in [5, 5.41) is 11.3. The molecule has 0 saturated carbocycles. The SMILES string of the molecule is Cc1ccc(N2C(=O)C(=O)/C(=C(\O)c3ccc(OCC(C)C)c(C)c3)C2c2ccccn2)cc1. The molecular formula is C28H28N2O4. The van der Waals surface area contributed by atoms with Crippen LogP contribution < -0.4 is 9.64 Å². The standard InChI is InChI=1S/C28H28N2O4/c1-17(2)16-34-23-13-10-20(15-19(23)4)26(31)24-25(22-7-5-6-14-29-22)30(28(33)27(24)32)21-11-8-18(3)9-12-21/h5-15,17,25,31H,16H2,1-4H3/b26-24-. The topological polar surface area (TPSA) is 79.7 Å². The molecule has 2 aromatic carbocycles. The lowest BCUT2D eigenvalue weighted by Gasteiger charge is -2.24. The van der Waals surface area contributed by atoms with E-state index in [0.29, 0.717) is 35.2 Å². The van der Waals surface area contributed by atoms with Crippen molar-refractivity contribution >= 4 is 23.1 Å². The highest BCUT2D eigenvalue weighted by Crippen LogP contribution is 2.41. The van der Waals surface area contributed by atoms with Crippen LogP contribution in [0.3, 0.4) is 0 Å². The van der Waals surface area contributed by atoms with Gasteiger partial charge in [-0.25, -0.2) is 0 Å². The van der Waals surface area contributed by atoms with Crippen LogP contribution in [0.15, 0.2) is 72.4 Å². The maximum atomic E-state index is 13.2. The van der Waals surface area contributed by atoms with Crippen LogP contribution >= 0.6 is 0 Å². The van der Waals surface area contributed by atoms with Gasteiger partial charge in [0.2, 0.25) is 0 Å². The number of pyridine rings is 1. The number of aryl methyl sites for hydroxylation is 2. The van der Waals surface area contributed by atoms with Crippen molar-refractivity contribution in [3.63, 3.8) is 0 Å². The molecule has 0 bridgehead atoms. The Morgan fingerprint density at radius 1 is 1.06 bits per heavy atom. The second kappa shape index (κ2) is 9.51. The summed E-state index contributed by atoms with van der Waals surface area (Å²) in [5.41, 5.74) is 3.38. The first-order valence-electron chi connectivity index (χ1n) is 11.3. The van der Waals surface area contributed by atoms with Crippen LogP contribution in [0.2, 0.25) is 0 Å². The largest absolute Gasteiger partial charge is 0.507 e. The Morgan fingerprint density at radius 3 is 2.41 bits per heavy atom. The van der Waals surface area contributed by atoms with Crippen molar-refractivity contribution in [1.29, 1.82) is 0 Å². The molecule has 1 aliphatic rings. The van der Waals surface area contributed by atoms with Gasteiger partial charge in [0.1, 0.15) is 17.6 Å². The van der Waals surface area contributed by atoms with E-state index in [2.05, 4.69) is 18.8 Å². The van der Waals surface area contributed by atoms with Crippen molar-refractivity contribution in [2.24, 2.45) is 5.92 Å². The molecule has 1 N–H and O–H groups in total. The molecule has 174 valence electrons. The van der Waals surface area contributed by atoms with Gasteiger partial charge < -0.3 is 9.84 Å².